The minimum atomic E-state index is -0.483. The third kappa shape index (κ3) is 3.06. The summed E-state index contributed by atoms with van der Waals surface area (Å²) in [5.74, 6) is -0.756. The Balaban J connectivity index is 1.66. The average molecular weight is 413 g/mol. The largest absolute Gasteiger partial charge is 0.366 e. The molecule has 0 radical (unpaired) electrons. The number of hydrogen-bond acceptors (Lipinski definition) is 5. The molecule has 2 heterocycles. The van der Waals surface area contributed by atoms with Gasteiger partial charge in [0.05, 0.1) is 16.2 Å². The number of hydrogen-bond donors (Lipinski definition) is 0. The van der Waals surface area contributed by atoms with Crippen LogP contribution in [0.15, 0.2) is 72.4 Å². The Labute approximate surface area is 178 Å². The first-order valence-corrected chi connectivity index (χ1v) is 10.2. The van der Waals surface area contributed by atoms with E-state index in [9.17, 15) is 19.7 Å². The van der Waals surface area contributed by atoms with Crippen molar-refractivity contribution in [3.05, 3.63) is 88.1 Å². The van der Waals surface area contributed by atoms with E-state index in [-0.39, 0.29) is 11.6 Å². The van der Waals surface area contributed by atoms with Crippen LogP contribution in [0.1, 0.15) is 18.4 Å². The summed E-state index contributed by atoms with van der Waals surface area (Å²) in [4.78, 5) is 41.0. The molecule has 0 bridgehead atoms. The van der Waals surface area contributed by atoms with E-state index >= 15 is 0 Å². The predicted octanol–water partition coefficient (Wildman–Crippen LogP) is 4.13. The van der Waals surface area contributed by atoms with Crippen LogP contribution in [0.2, 0.25) is 0 Å². The van der Waals surface area contributed by atoms with Gasteiger partial charge in [-0.1, -0.05) is 36.4 Å². The van der Waals surface area contributed by atoms with Crippen LogP contribution in [0.3, 0.4) is 0 Å². The number of carbonyl (C=O) groups is 2. The van der Waals surface area contributed by atoms with Gasteiger partial charge in [-0.05, 0) is 42.0 Å². The molecule has 2 aliphatic heterocycles. The molecule has 3 aromatic rings. The van der Waals surface area contributed by atoms with Crippen LogP contribution < -0.4 is 4.90 Å². The number of imide groups is 1. The van der Waals surface area contributed by atoms with Gasteiger partial charge in [-0.3, -0.25) is 19.7 Å². The van der Waals surface area contributed by atoms with Crippen LogP contribution in [-0.2, 0) is 9.59 Å². The minimum absolute atomic E-state index is 0.0604. The van der Waals surface area contributed by atoms with Gasteiger partial charge >= 0.3 is 0 Å². The number of rotatable bonds is 4. The molecule has 5 rings (SSSR count). The van der Waals surface area contributed by atoms with Gasteiger partial charge in [-0.2, -0.15) is 0 Å². The van der Waals surface area contributed by atoms with Crippen molar-refractivity contribution in [3.63, 3.8) is 0 Å². The lowest BCUT2D eigenvalue weighted by atomic mass is 10.0. The molecule has 0 unspecified atom stereocenters. The Morgan fingerprint density at radius 3 is 2.19 bits per heavy atom. The van der Waals surface area contributed by atoms with E-state index in [2.05, 4.69) is 0 Å². The van der Waals surface area contributed by atoms with Gasteiger partial charge in [0.15, 0.2) is 0 Å². The van der Waals surface area contributed by atoms with Crippen LogP contribution in [0.5, 0.6) is 0 Å². The summed E-state index contributed by atoms with van der Waals surface area (Å²) in [5, 5.41) is 12.8. The van der Waals surface area contributed by atoms with Crippen LogP contribution in [0, 0.1) is 10.1 Å². The minimum Gasteiger partial charge on any atom is -0.366 e. The Bertz CT molecular complexity index is 1250. The molecule has 7 nitrogen and oxygen atoms in total. The van der Waals surface area contributed by atoms with Crippen LogP contribution >= 0.6 is 0 Å². The number of nitrogens with zero attached hydrogens (tertiary/aromatic N) is 3. The molecule has 0 aliphatic carbocycles. The van der Waals surface area contributed by atoms with Crippen molar-refractivity contribution < 1.29 is 14.5 Å². The lowest BCUT2D eigenvalue weighted by molar-refractivity contribution is -0.384. The maximum Gasteiger partial charge on any atom is 0.282 e. The molecule has 31 heavy (non-hydrogen) atoms. The fraction of sp³-hybridized carbons (Fsp3) is 0.167. The number of anilines is 1. The summed E-state index contributed by atoms with van der Waals surface area (Å²) in [6.07, 6.45) is 1.90. The van der Waals surface area contributed by atoms with Crippen molar-refractivity contribution in [3.8, 4) is 0 Å². The molecule has 7 heteroatoms. The topological polar surface area (TPSA) is 83.8 Å². The first kappa shape index (κ1) is 19.0. The van der Waals surface area contributed by atoms with Crippen LogP contribution in [0.25, 0.3) is 16.3 Å². The quantitative estimate of drug-likeness (QED) is 0.365. The number of fused-ring (bicyclic) bond motifs is 1. The molecule has 1 fully saturated rings. The smallest absolute Gasteiger partial charge is 0.282 e. The fourth-order valence-electron chi connectivity index (χ4n) is 4.38. The fourth-order valence-corrected chi connectivity index (χ4v) is 4.38. The summed E-state index contributed by atoms with van der Waals surface area (Å²) in [6, 6.07) is 19.0. The SMILES string of the molecule is O=C1C(c2ccc([N+](=O)[O-])cc2)=C(N2CCCC2)C(=O)N1c1cccc2ccccc12. The molecular formula is C24H19N3O4. The van der Waals surface area contributed by atoms with Gasteiger partial charge in [-0.25, -0.2) is 4.90 Å². The highest BCUT2D eigenvalue weighted by Crippen LogP contribution is 2.38. The van der Waals surface area contributed by atoms with E-state index < -0.39 is 10.8 Å². The summed E-state index contributed by atoms with van der Waals surface area (Å²) in [6.45, 7) is 1.41. The highest BCUT2D eigenvalue weighted by atomic mass is 16.6. The van der Waals surface area contributed by atoms with Crippen molar-refractivity contribution in [1.29, 1.82) is 0 Å². The molecule has 0 saturated carbocycles. The van der Waals surface area contributed by atoms with E-state index in [0.29, 0.717) is 35.6 Å². The second kappa shape index (κ2) is 7.36. The zero-order chi connectivity index (χ0) is 21.5. The molecular weight excluding hydrogens is 394 g/mol. The number of nitro groups is 1. The number of carbonyl (C=O) groups excluding carboxylic acids is 2. The number of nitro benzene ring substituents is 1. The van der Waals surface area contributed by atoms with Gasteiger partial charge in [-0.15, -0.1) is 0 Å². The van der Waals surface area contributed by atoms with Crippen molar-refractivity contribution in [2.45, 2.75) is 12.8 Å². The maximum absolute atomic E-state index is 13.6. The van der Waals surface area contributed by atoms with Crippen molar-refractivity contribution >= 4 is 39.5 Å². The van der Waals surface area contributed by atoms with Crippen molar-refractivity contribution in [2.24, 2.45) is 0 Å². The maximum atomic E-state index is 13.6. The van der Waals surface area contributed by atoms with Crippen molar-refractivity contribution in [1.82, 2.24) is 4.90 Å². The van der Waals surface area contributed by atoms with Gasteiger partial charge in [0.25, 0.3) is 17.5 Å². The Kier molecular flexibility index (Phi) is 4.51. The molecule has 2 aliphatic rings. The number of likely N-dealkylation sites (tertiary alicyclic amines) is 1. The number of benzene rings is 3. The monoisotopic (exact) mass is 413 g/mol. The highest BCUT2D eigenvalue weighted by molar-refractivity contribution is 6.46. The highest BCUT2D eigenvalue weighted by Gasteiger charge is 2.43. The second-order valence-corrected chi connectivity index (χ2v) is 7.67. The summed E-state index contributed by atoms with van der Waals surface area (Å²) in [7, 11) is 0. The van der Waals surface area contributed by atoms with Crippen molar-refractivity contribution in [2.75, 3.05) is 18.0 Å². The molecule has 1 saturated heterocycles. The standard InChI is InChI=1S/C24H19N3O4/c28-23-21(17-10-12-18(13-11-17)27(30)31)22(25-14-3-4-15-25)24(29)26(23)20-9-5-7-16-6-1-2-8-19(16)20/h1-2,5-13H,3-4,14-15H2. The molecule has 0 aromatic heterocycles. The zero-order valence-electron chi connectivity index (χ0n) is 16.7. The number of amides is 2. The third-order valence-corrected chi connectivity index (χ3v) is 5.86. The van der Waals surface area contributed by atoms with Gasteiger partial charge in [0.2, 0.25) is 0 Å². The first-order chi connectivity index (χ1) is 15.1. The Morgan fingerprint density at radius 1 is 0.806 bits per heavy atom. The van der Waals surface area contributed by atoms with Gasteiger partial charge < -0.3 is 4.90 Å². The second-order valence-electron chi connectivity index (χ2n) is 7.67. The lowest BCUT2D eigenvalue weighted by Gasteiger charge is -2.21. The predicted molar refractivity (Wildman–Crippen MR) is 117 cm³/mol. The Hall–Kier alpha value is -4.00. The van der Waals surface area contributed by atoms with Gasteiger partial charge in [0.1, 0.15) is 5.70 Å². The molecule has 0 atom stereocenters. The molecule has 0 N–H and O–H groups in total. The average Bonchev–Trinajstić information content (AvgIpc) is 3.39. The summed E-state index contributed by atoms with van der Waals surface area (Å²) < 4.78 is 0. The Morgan fingerprint density at radius 2 is 1.48 bits per heavy atom. The lowest BCUT2D eigenvalue weighted by Crippen LogP contribution is -2.34. The normalized spacial score (nSPS) is 16.6. The van der Waals surface area contributed by atoms with Crippen LogP contribution in [-0.4, -0.2) is 34.7 Å². The van der Waals surface area contributed by atoms with E-state index in [1.165, 1.54) is 17.0 Å². The molecule has 2 amide bonds. The van der Waals surface area contributed by atoms with E-state index in [0.717, 1.165) is 23.6 Å². The third-order valence-electron chi connectivity index (χ3n) is 5.86. The molecule has 0 spiro atoms. The summed E-state index contributed by atoms with van der Waals surface area (Å²) >= 11 is 0. The number of non-ortho nitro benzene ring substituents is 1. The van der Waals surface area contributed by atoms with Crippen LogP contribution in [0.4, 0.5) is 11.4 Å². The molecule has 3 aromatic carbocycles. The molecule has 154 valence electrons. The zero-order valence-corrected chi connectivity index (χ0v) is 16.7. The summed E-state index contributed by atoms with van der Waals surface area (Å²) in [5.41, 5.74) is 1.67. The first-order valence-electron chi connectivity index (χ1n) is 10.2. The van der Waals surface area contributed by atoms with E-state index in [1.807, 2.05) is 41.3 Å². The van der Waals surface area contributed by atoms with E-state index in [4.69, 9.17) is 0 Å². The van der Waals surface area contributed by atoms with Gasteiger partial charge in [0, 0.05) is 30.6 Å². The van der Waals surface area contributed by atoms with E-state index in [1.54, 1.807) is 18.2 Å².